The number of methoxy groups -OCH3 is 1. The molecule has 188 valence electrons. The molecule has 1 aromatic carbocycles. The Morgan fingerprint density at radius 3 is 2.66 bits per heavy atom. The van der Waals surface area contributed by atoms with Gasteiger partial charge in [0.05, 0.1) is 24.2 Å². The van der Waals surface area contributed by atoms with Crippen LogP contribution in [0.5, 0.6) is 0 Å². The number of hydrogen-bond acceptors (Lipinski definition) is 5. The zero-order valence-corrected chi connectivity index (χ0v) is 20.6. The van der Waals surface area contributed by atoms with Gasteiger partial charge in [0.2, 0.25) is 17.7 Å². The van der Waals surface area contributed by atoms with Crippen molar-refractivity contribution in [2.75, 3.05) is 20.7 Å². The summed E-state index contributed by atoms with van der Waals surface area (Å²) in [6, 6.07) is 2.50. The number of nitrogens with zero attached hydrogens (tertiary/aromatic N) is 2. The molecule has 0 spiro atoms. The van der Waals surface area contributed by atoms with Crippen molar-refractivity contribution >= 4 is 34.2 Å². The van der Waals surface area contributed by atoms with E-state index in [9.17, 15) is 18.8 Å². The number of fused-ring (bicyclic) bond motifs is 2. The number of carbonyl (C=O) groups is 3. The lowest BCUT2D eigenvalue weighted by molar-refractivity contribution is -0.140. The van der Waals surface area contributed by atoms with Crippen LogP contribution < -0.4 is 10.6 Å². The summed E-state index contributed by atoms with van der Waals surface area (Å²) in [6.07, 6.45) is 3.60. The normalized spacial score (nSPS) is 22.1. The number of hydrogen-bond donors (Lipinski definition) is 3. The van der Waals surface area contributed by atoms with Crippen LogP contribution in [0.3, 0.4) is 0 Å². The van der Waals surface area contributed by atoms with Gasteiger partial charge in [-0.3, -0.25) is 14.4 Å². The molecule has 1 aromatic heterocycles. The zero-order valence-electron chi connectivity index (χ0n) is 20.6. The Hall–Kier alpha value is -3.24. The number of likely N-dealkylation sites (N-methyl/N-ethyl adjacent to an activating group) is 1. The van der Waals surface area contributed by atoms with E-state index < -0.39 is 24.2 Å². The lowest BCUT2D eigenvalue weighted by Crippen LogP contribution is -2.58. The van der Waals surface area contributed by atoms with Crippen LogP contribution in [0.1, 0.15) is 32.8 Å². The Bertz CT molecular complexity index is 1180. The number of amides is 3. The van der Waals surface area contributed by atoms with Crippen molar-refractivity contribution in [3.63, 3.8) is 0 Å². The molecule has 3 heterocycles. The second-order valence-corrected chi connectivity index (χ2v) is 9.17. The highest BCUT2D eigenvalue weighted by atomic mass is 19.1. The van der Waals surface area contributed by atoms with Gasteiger partial charge in [0.15, 0.2) is 0 Å². The summed E-state index contributed by atoms with van der Waals surface area (Å²) in [4.78, 5) is 45.4. The van der Waals surface area contributed by atoms with E-state index in [1.54, 1.807) is 49.2 Å². The third-order valence-corrected chi connectivity index (χ3v) is 7.15. The molecular weight excluding hydrogens is 453 g/mol. The fourth-order valence-corrected chi connectivity index (χ4v) is 5.01. The Morgan fingerprint density at radius 1 is 1.26 bits per heavy atom. The molecule has 3 N–H and O–H groups in total. The SMILES string of the molecule is CNC(C)C(=O)NC(C(=O)N1CCC2C1C(c1c[nH]c3cc(F)ccc13)=CN2C(C)=O)C(C)OC. The lowest BCUT2D eigenvalue weighted by Gasteiger charge is -2.33. The van der Waals surface area contributed by atoms with Crippen molar-refractivity contribution < 1.29 is 23.5 Å². The Kier molecular flexibility index (Phi) is 6.95. The second kappa shape index (κ2) is 9.79. The molecule has 5 atom stereocenters. The van der Waals surface area contributed by atoms with Gasteiger partial charge in [0.25, 0.3) is 0 Å². The van der Waals surface area contributed by atoms with Gasteiger partial charge < -0.3 is 30.2 Å². The van der Waals surface area contributed by atoms with Crippen molar-refractivity contribution in [1.82, 2.24) is 25.4 Å². The molecule has 0 bridgehead atoms. The van der Waals surface area contributed by atoms with Crippen molar-refractivity contribution in [2.24, 2.45) is 0 Å². The summed E-state index contributed by atoms with van der Waals surface area (Å²) in [7, 11) is 3.17. The molecule has 10 heteroatoms. The van der Waals surface area contributed by atoms with Crippen molar-refractivity contribution in [1.29, 1.82) is 0 Å². The number of carbonyl (C=O) groups excluding carboxylic acids is 3. The average molecular weight is 486 g/mol. The molecule has 0 saturated carbocycles. The minimum atomic E-state index is -0.897. The fourth-order valence-electron chi connectivity index (χ4n) is 5.01. The van der Waals surface area contributed by atoms with Crippen molar-refractivity contribution in [2.45, 2.75) is 57.5 Å². The maximum absolute atomic E-state index is 13.9. The van der Waals surface area contributed by atoms with E-state index >= 15 is 0 Å². The first-order valence-corrected chi connectivity index (χ1v) is 11.8. The van der Waals surface area contributed by atoms with Crippen LogP contribution in [-0.2, 0) is 19.1 Å². The first-order valence-electron chi connectivity index (χ1n) is 11.8. The zero-order chi connectivity index (χ0) is 25.4. The van der Waals surface area contributed by atoms with Gasteiger partial charge in [0, 0.05) is 55.0 Å². The molecule has 0 aliphatic carbocycles. The molecule has 2 aromatic rings. The van der Waals surface area contributed by atoms with E-state index in [1.807, 2.05) is 0 Å². The third-order valence-electron chi connectivity index (χ3n) is 7.15. The molecule has 4 rings (SSSR count). The Morgan fingerprint density at radius 2 is 2.00 bits per heavy atom. The molecule has 5 unspecified atom stereocenters. The van der Waals surface area contributed by atoms with Gasteiger partial charge in [0.1, 0.15) is 11.9 Å². The summed E-state index contributed by atoms with van der Waals surface area (Å²) in [6.45, 7) is 5.38. The maximum Gasteiger partial charge on any atom is 0.248 e. The summed E-state index contributed by atoms with van der Waals surface area (Å²) in [5.74, 6) is -1.05. The molecule has 2 aliphatic rings. The van der Waals surface area contributed by atoms with Crippen LogP contribution in [0.15, 0.2) is 30.6 Å². The number of halogens is 1. The van der Waals surface area contributed by atoms with E-state index in [2.05, 4.69) is 15.6 Å². The van der Waals surface area contributed by atoms with Crippen LogP contribution in [0, 0.1) is 5.82 Å². The predicted octanol–water partition coefficient (Wildman–Crippen LogP) is 1.61. The lowest BCUT2D eigenvalue weighted by atomic mass is 9.96. The molecular formula is C25H32FN5O4. The van der Waals surface area contributed by atoms with E-state index in [0.717, 1.165) is 16.5 Å². The van der Waals surface area contributed by atoms with Gasteiger partial charge >= 0.3 is 0 Å². The van der Waals surface area contributed by atoms with Crippen LogP contribution >= 0.6 is 0 Å². The number of likely N-dealkylation sites (tertiary alicyclic amines) is 1. The van der Waals surface area contributed by atoms with Gasteiger partial charge in [-0.05, 0) is 45.5 Å². The summed E-state index contributed by atoms with van der Waals surface area (Å²) in [5.41, 5.74) is 2.24. The molecule has 35 heavy (non-hydrogen) atoms. The van der Waals surface area contributed by atoms with E-state index in [0.29, 0.717) is 18.5 Å². The largest absolute Gasteiger partial charge is 0.379 e. The van der Waals surface area contributed by atoms with Crippen LogP contribution in [-0.4, -0.2) is 83.5 Å². The summed E-state index contributed by atoms with van der Waals surface area (Å²) < 4.78 is 19.2. The first kappa shape index (κ1) is 24.9. The molecule has 9 nitrogen and oxygen atoms in total. The maximum atomic E-state index is 13.9. The number of aromatic amines is 1. The topological polar surface area (TPSA) is 107 Å². The number of aromatic nitrogens is 1. The number of ether oxygens (including phenoxy) is 1. The van der Waals surface area contributed by atoms with Crippen LogP contribution in [0.2, 0.25) is 0 Å². The highest BCUT2D eigenvalue weighted by Crippen LogP contribution is 2.42. The van der Waals surface area contributed by atoms with E-state index in [4.69, 9.17) is 4.74 Å². The molecule has 2 aliphatic heterocycles. The summed E-state index contributed by atoms with van der Waals surface area (Å²) >= 11 is 0. The Balaban J connectivity index is 1.71. The molecule has 1 fully saturated rings. The minimum absolute atomic E-state index is 0.117. The van der Waals surface area contributed by atoms with Gasteiger partial charge in [-0.2, -0.15) is 0 Å². The van der Waals surface area contributed by atoms with Crippen molar-refractivity contribution in [3.8, 4) is 0 Å². The van der Waals surface area contributed by atoms with Crippen LogP contribution in [0.4, 0.5) is 4.39 Å². The van der Waals surface area contributed by atoms with Gasteiger partial charge in [-0.25, -0.2) is 4.39 Å². The quantitative estimate of drug-likeness (QED) is 0.553. The minimum Gasteiger partial charge on any atom is -0.379 e. The number of H-pyrrole nitrogens is 1. The van der Waals surface area contributed by atoms with Crippen LogP contribution in [0.25, 0.3) is 16.5 Å². The molecule has 1 saturated heterocycles. The highest BCUT2D eigenvalue weighted by Gasteiger charge is 2.49. The number of nitrogens with one attached hydrogen (secondary N) is 3. The third kappa shape index (κ3) is 4.43. The molecule has 0 radical (unpaired) electrons. The smallest absolute Gasteiger partial charge is 0.248 e. The van der Waals surface area contributed by atoms with E-state index in [-0.39, 0.29) is 29.6 Å². The van der Waals surface area contributed by atoms with E-state index in [1.165, 1.54) is 26.2 Å². The first-order chi connectivity index (χ1) is 16.7. The van der Waals surface area contributed by atoms with Gasteiger partial charge in [-0.15, -0.1) is 0 Å². The average Bonchev–Trinajstić information content (AvgIpc) is 3.54. The number of rotatable bonds is 7. The Labute approximate surface area is 203 Å². The standard InChI is InChI=1S/C25H32FN5O4/c1-13(27-4)24(33)29-22(14(2)35-5)25(34)30-9-8-21-23(30)19(12-31(21)15(3)32)18-11-28-20-10-16(26)6-7-17(18)20/h6-7,10-14,21-23,27-28H,8-9H2,1-5H3,(H,29,33). The molecule has 3 amide bonds. The predicted molar refractivity (Wildman–Crippen MR) is 130 cm³/mol. The second-order valence-electron chi connectivity index (χ2n) is 9.17. The summed E-state index contributed by atoms with van der Waals surface area (Å²) in [5, 5.41) is 6.51. The number of benzene rings is 1. The fraction of sp³-hybridized carbons (Fsp3) is 0.480. The van der Waals surface area contributed by atoms with Gasteiger partial charge in [-0.1, -0.05) is 0 Å². The monoisotopic (exact) mass is 485 g/mol. The van der Waals surface area contributed by atoms with Crippen molar-refractivity contribution in [3.05, 3.63) is 42.0 Å². The highest BCUT2D eigenvalue weighted by molar-refractivity contribution is 5.98.